The smallest absolute Gasteiger partial charge is 0.414 e. The lowest BCUT2D eigenvalue weighted by Gasteiger charge is -2.14. The molecule has 0 bridgehead atoms. The number of hydrogen-bond acceptors (Lipinski definition) is 6. The largest absolute Gasteiger partial charge is 0.442 e. The SMILES string of the molecule is CC(=O)NC[C@H]1CN(c2ccc(-c3ccc(C4=NC(C)ON4)cc3)c(F)c2)C(=O)O1. The Morgan fingerprint density at radius 1 is 1.27 bits per heavy atom. The zero-order chi connectivity index (χ0) is 21.3. The van der Waals surface area contributed by atoms with E-state index in [-0.39, 0.29) is 25.2 Å². The van der Waals surface area contributed by atoms with Crippen molar-refractivity contribution in [2.75, 3.05) is 18.0 Å². The van der Waals surface area contributed by atoms with Crippen LogP contribution in [0.1, 0.15) is 19.4 Å². The first-order valence-electron chi connectivity index (χ1n) is 9.53. The lowest BCUT2D eigenvalue weighted by molar-refractivity contribution is -0.119. The van der Waals surface area contributed by atoms with E-state index in [1.54, 1.807) is 24.3 Å². The number of halogens is 1. The van der Waals surface area contributed by atoms with Gasteiger partial charge in [0.05, 0.1) is 18.8 Å². The highest BCUT2D eigenvalue weighted by molar-refractivity contribution is 5.99. The molecule has 0 radical (unpaired) electrons. The second-order valence-electron chi connectivity index (χ2n) is 7.09. The van der Waals surface area contributed by atoms with Gasteiger partial charge in [0.25, 0.3) is 0 Å². The topological polar surface area (TPSA) is 92.3 Å². The third-order valence-corrected chi connectivity index (χ3v) is 4.82. The molecule has 9 heteroatoms. The van der Waals surface area contributed by atoms with Crippen LogP contribution in [0.25, 0.3) is 11.1 Å². The van der Waals surface area contributed by atoms with Crippen molar-refractivity contribution in [3.63, 3.8) is 0 Å². The minimum Gasteiger partial charge on any atom is -0.442 e. The molecule has 2 aliphatic rings. The Kier molecular flexibility index (Phi) is 5.37. The van der Waals surface area contributed by atoms with E-state index in [0.29, 0.717) is 22.6 Å². The van der Waals surface area contributed by atoms with Gasteiger partial charge in [-0.2, -0.15) is 0 Å². The van der Waals surface area contributed by atoms with Gasteiger partial charge in [-0.25, -0.2) is 24.5 Å². The van der Waals surface area contributed by atoms with E-state index in [0.717, 1.165) is 5.56 Å². The van der Waals surface area contributed by atoms with Gasteiger partial charge in [0.2, 0.25) is 5.91 Å². The highest BCUT2D eigenvalue weighted by atomic mass is 19.1. The zero-order valence-electron chi connectivity index (χ0n) is 16.5. The first-order valence-corrected chi connectivity index (χ1v) is 9.53. The first-order chi connectivity index (χ1) is 14.4. The molecule has 0 saturated carbocycles. The molecule has 2 aromatic carbocycles. The van der Waals surface area contributed by atoms with Gasteiger partial charge in [-0.15, -0.1) is 0 Å². The van der Waals surface area contributed by atoms with Gasteiger partial charge in [-0.3, -0.25) is 9.69 Å². The molecular weight excluding hydrogens is 391 g/mol. The predicted molar refractivity (Wildman–Crippen MR) is 108 cm³/mol. The molecule has 1 unspecified atom stereocenters. The number of amides is 2. The maximum Gasteiger partial charge on any atom is 0.414 e. The number of cyclic esters (lactones) is 1. The summed E-state index contributed by atoms with van der Waals surface area (Å²) in [5.74, 6) is -0.0263. The molecule has 30 heavy (non-hydrogen) atoms. The van der Waals surface area contributed by atoms with Gasteiger partial charge in [0.1, 0.15) is 11.9 Å². The van der Waals surface area contributed by atoms with E-state index in [9.17, 15) is 14.0 Å². The van der Waals surface area contributed by atoms with E-state index < -0.39 is 18.0 Å². The van der Waals surface area contributed by atoms with Crippen molar-refractivity contribution in [1.82, 2.24) is 10.8 Å². The van der Waals surface area contributed by atoms with Crippen LogP contribution >= 0.6 is 0 Å². The van der Waals surface area contributed by atoms with Crippen molar-refractivity contribution in [2.45, 2.75) is 26.2 Å². The van der Waals surface area contributed by atoms with Crippen LogP contribution in [0.2, 0.25) is 0 Å². The number of rotatable bonds is 5. The molecule has 2 heterocycles. The number of ether oxygens (including phenoxy) is 1. The van der Waals surface area contributed by atoms with Gasteiger partial charge in [0.15, 0.2) is 12.1 Å². The van der Waals surface area contributed by atoms with Crippen LogP contribution in [-0.4, -0.2) is 43.3 Å². The van der Waals surface area contributed by atoms with Crippen LogP contribution < -0.4 is 15.7 Å². The van der Waals surface area contributed by atoms with Crippen molar-refractivity contribution in [3.8, 4) is 11.1 Å². The predicted octanol–water partition coefficient (Wildman–Crippen LogP) is 2.58. The Labute approximate surface area is 172 Å². The maximum absolute atomic E-state index is 14.8. The Balaban J connectivity index is 1.49. The molecule has 1 fully saturated rings. The Hall–Kier alpha value is -3.46. The molecule has 1 saturated heterocycles. The Bertz CT molecular complexity index is 1010. The second kappa shape index (κ2) is 8.11. The van der Waals surface area contributed by atoms with Crippen molar-refractivity contribution in [1.29, 1.82) is 0 Å². The van der Waals surface area contributed by atoms with Crippen LogP contribution in [-0.2, 0) is 14.4 Å². The number of anilines is 1. The lowest BCUT2D eigenvalue weighted by atomic mass is 10.0. The average Bonchev–Trinajstić information content (AvgIpc) is 3.32. The molecule has 2 aromatic rings. The summed E-state index contributed by atoms with van der Waals surface area (Å²) in [7, 11) is 0. The van der Waals surface area contributed by atoms with E-state index in [1.807, 2.05) is 19.1 Å². The fourth-order valence-electron chi connectivity index (χ4n) is 3.32. The fourth-order valence-corrected chi connectivity index (χ4v) is 3.32. The van der Waals surface area contributed by atoms with Crippen molar-refractivity contribution >= 4 is 23.5 Å². The summed E-state index contributed by atoms with van der Waals surface area (Å²) in [5.41, 5.74) is 5.11. The molecule has 2 amide bonds. The first kappa shape index (κ1) is 19.8. The molecule has 0 spiro atoms. The molecule has 2 N–H and O–H groups in total. The maximum atomic E-state index is 14.8. The van der Waals surface area contributed by atoms with Crippen LogP contribution in [0.4, 0.5) is 14.9 Å². The summed E-state index contributed by atoms with van der Waals surface area (Å²) >= 11 is 0. The van der Waals surface area contributed by atoms with Crippen molar-refractivity contribution in [3.05, 3.63) is 53.8 Å². The molecular formula is C21H21FN4O4. The number of nitrogens with zero attached hydrogens (tertiary/aromatic N) is 2. The number of hydrogen-bond donors (Lipinski definition) is 2. The quantitative estimate of drug-likeness (QED) is 0.788. The summed E-state index contributed by atoms with van der Waals surface area (Å²) in [6, 6.07) is 11.9. The van der Waals surface area contributed by atoms with Crippen molar-refractivity contribution < 1.29 is 23.6 Å². The van der Waals surface area contributed by atoms with Crippen molar-refractivity contribution in [2.24, 2.45) is 4.99 Å². The molecule has 8 nitrogen and oxygen atoms in total. The summed E-state index contributed by atoms with van der Waals surface area (Å²) in [4.78, 5) is 34.0. The summed E-state index contributed by atoms with van der Waals surface area (Å²) < 4.78 is 20.1. The highest BCUT2D eigenvalue weighted by Crippen LogP contribution is 2.29. The number of carbonyl (C=O) groups excluding carboxylic acids is 2. The number of benzene rings is 2. The Morgan fingerprint density at radius 3 is 2.63 bits per heavy atom. The van der Waals surface area contributed by atoms with Crippen LogP contribution in [0.15, 0.2) is 47.5 Å². The van der Waals surface area contributed by atoms with Gasteiger partial charge in [-0.1, -0.05) is 24.3 Å². The number of nitrogens with one attached hydrogen (secondary N) is 2. The summed E-state index contributed by atoms with van der Waals surface area (Å²) in [5, 5.41) is 2.61. The monoisotopic (exact) mass is 412 g/mol. The summed E-state index contributed by atoms with van der Waals surface area (Å²) in [6.45, 7) is 3.67. The highest BCUT2D eigenvalue weighted by Gasteiger charge is 2.32. The Morgan fingerprint density at radius 2 is 2.00 bits per heavy atom. The molecule has 2 atom stereocenters. The van der Waals surface area contributed by atoms with Gasteiger partial charge in [-0.05, 0) is 30.7 Å². The third kappa shape index (κ3) is 4.11. The van der Waals surface area contributed by atoms with Crippen LogP contribution in [0, 0.1) is 5.82 Å². The van der Waals surface area contributed by atoms with E-state index in [1.165, 1.54) is 17.9 Å². The number of hydroxylamine groups is 1. The minimum atomic E-state index is -0.567. The normalized spacial score (nSPS) is 20.6. The minimum absolute atomic E-state index is 0.205. The third-order valence-electron chi connectivity index (χ3n) is 4.82. The zero-order valence-corrected chi connectivity index (χ0v) is 16.5. The second-order valence-corrected chi connectivity index (χ2v) is 7.09. The summed E-state index contributed by atoms with van der Waals surface area (Å²) in [6.07, 6.45) is -1.29. The van der Waals surface area contributed by atoms with Gasteiger partial charge in [0, 0.05) is 18.1 Å². The lowest BCUT2D eigenvalue weighted by Crippen LogP contribution is -2.33. The van der Waals surface area contributed by atoms with E-state index in [4.69, 9.17) is 9.57 Å². The van der Waals surface area contributed by atoms with Crippen LogP contribution in [0.3, 0.4) is 0 Å². The number of amidine groups is 1. The van der Waals surface area contributed by atoms with Crippen LogP contribution in [0.5, 0.6) is 0 Å². The fraction of sp³-hybridized carbons (Fsp3) is 0.286. The molecule has 156 valence electrons. The van der Waals surface area contributed by atoms with E-state index in [2.05, 4.69) is 15.8 Å². The molecule has 2 aliphatic heterocycles. The standard InChI is InChI=1S/C21H21FN4O4/c1-12(27)23-10-17-11-26(21(28)29-17)16-7-8-18(19(22)9-16)14-3-5-15(6-4-14)20-24-13(2)30-25-20/h3-9,13,17H,10-11H2,1-2H3,(H,23,27)(H,24,25)/t13?,17-/m0/s1. The van der Waals surface area contributed by atoms with Gasteiger partial charge < -0.3 is 10.1 Å². The molecule has 0 aliphatic carbocycles. The van der Waals surface area contributed by atoms with E-state index >= 15 is 0 Å². The average molecular weight is 412 g/mol. The van der Waals surface area contributed by atoms with Gasteiger partial charge >= 0.3 is 6.09 Å². The molecule has 0 aromatic heterocycles. The molecule has 4 rings (SSSR count). The number of aliphatic imine (C=N–C) groups is 1. The number of carbonyl (C=O) groups is 2.